The molecule has 0 aromatic heterocycles. The van der Waals surface area contributed by atoms with Crippen LogP contribution in [0.25, 0.3) is 0 Å². The number of benzene rings is 2. The third-order valence-electron chi connectivity index (χ3n) is 3.67. The van der Waals surface area contributed by atoms with Crippen LogP contribution in [0, 0.1) is 5.82 Å². The van der Waals surface area contributed by atoms with Gasteiger partial charge in [0, 0.05) is 28.3 Å². The molecule has 0 radical (unpaired) electrons. The van der Waals surface area contributed by atoms with Crippen LogP contribution in [0.5, 0.6) is 0 Å². The van der Waals surface area contributed by atoms with Crippen molar-refractivity contribution in [3.8, 4) is 0 Å². The number of hydrogen-bond acceptors (Lipinski definition) is 7. The molecule has 0 atom stereocenters. The second-order valence-electron chi connectivity index (χ2n) is 5.52. The van der Waals surface area contributed by atoms with Crippen LogP contribution in [0.1, 0.15) is 23.6 Å². The highest BCUT2D eigenvalue weighted by Crippen LogP contribution is 2.22. The van der Waals surface area contributed by atoms with Gasteiger partial charge in [0.25, 0.3) is 12.4 Å². The van der Waals surface area contributed by atoms with E-state index in [0.29, 0.717) is 34.0 Å². The fourth-order valence-electron chi connectivity index (χ4n) is 2.37. The maximum atomic E-state index is 13.6. The zero-order valence-corrected chi connectivity index (χ0v) is 16.7. The number of halogens is 2. The molecule has 0 saturated heterocycles. The molecule has 0 aliphatic rings. The monoisotopic (exact) mass is 422 g/mol. The second-order valence-corrected chi connectivity index (χ2v) is 5.93. The Labute approximate surface area is 172 Å². The summed E-state index contributed by atoms with van der Waals surface area (Å²) in [7, 11) is 1.32. The van der Waals surface area contributed by atoms with Crippen LogP contribution in [0.4, 0.5) is 4.39 Å². The lowest BCUT2D eigenvalue weighted by Gasteiger charge is -2.12. The number of carbonyl (C=O) groups is 1. The van der Waals surface area contributed by atoms with E-state index in [1.807, 2.05) is 6.92 Å². The topological polar surface area (TPSA) is 78.7 Å². The molecule has 0 heterocycles. The number of hydrogen-bond donors (Lipinski definition) is 0. The van der Waals surface area contributed by atoms with Crippen molar-refractivity contribution in [3.63, 3.8) is 0 Å². The maximum Gasteiger partial charge on any atom is 0.299 e. The Balaban J connectivity index is 2.28. The first-order chi connectivity index (χ1) is 14.1. The smallest absolute Gasteiger partial charge is 0.299 e. The molecule has 0 aliphatic heterocycles. The van der Waals surface area contributed by atoms with E-state index in [4.69, 9.17) is 30.7 Å². The molecule has 0 saturated carbocycles. The van der Waals surface area contributed by atoms with Crippen molar-refractivity contribution < 1.29 is 28.3 Å². The van der Waals surface area contributed by atoms with Crippen molar-refractivity contribution >= 4 is 29.7 Å². The molecule has 9 heteroatoms. The van der Waals surface area contributed by atoms with Crippen LogP contribution in [-0.2, 0) is 30.6 Å². The molecule has 0 bridgehead atoms. The van der Waals surface area contributed by atoms with Gasteiger partial charge in [-0.05, 0) is 36.3 Å². The SMILES string of the molecule is CCOC/C(=N\OCc1c(Cl)cccc1/C(=N\OC)OC=O)c1cccc(F)c1. The molecule has 0 spiro atoms. The van der Waals surface area contributed by atoms with Gasteiger partial charge in [0.1, 0.15) is 25.2 Å². The van der Waals surface area contributed by atoms with Gasteiger partial charge in [-0.1, -0.05) is 35.0 Å². The Morgan fingerprint density at radius 3 is 2.69 bits per heavy atom. The minimum atomic E-state index is -0.397. The van der Waals surface area contributed by atoms with Crippen LogP contribution < -0.4 is 0 Å². The van der Waals surface area contributed by atoms with Crippen molar-refractivity contribution in [1.29, 1.82) is 0 Å². The molecule has 0 unspecified atom stereocenters. The third kappa shape index (κ3) is 6.55. The van der Waals surface area contributed by atoms with Crippen molar-refractivity contribution in [2.24, 2.45) is 10.3 Å². The molecule has 7 nitrogen and oxygen atoms in total. The largest absolute Gasteiger partial charge is 0.406 e. The van der Waals surface area contributed by atoms with E-state index in [2.05, 4.69) is 10.3 Å². The van der Waals surface area contributed by atoms with Gasteiger partial charge in [0.05, 0.1) is 6.61 Å². The van der Waals surface area contributed by atoms with Crippen molar-refractivity contribution in [3.05, 3.63) is 70.0 Å². The number of oxime groups is 2. The lowest BCUT2D eigenvalue weighted by Crippen LogP contribution is -2.13. The minimum Gasteiger partial charge on any atom is -0.406 e. The summed E-state index contributed by atoms with van der Waals surface area (Å²) in [6.07, 6.45) is 0. The molecule has 0 aliphatic carbocycles. The summed E-state index contributed by atoms with van der Waals surface area (Å²) in [5.41, 5.74) is 1.82. The van der Waals surface area contributed by atoms with Gasteiger partial charge in [-0.25, -0.2) is 4.39 Å². The van der Waals surface area contributed by atoms with E-state index in [-0.39, 0.29) is 25.6 Å². The first kappa shape index (κ1) is 22.3. The van der Waals surface area contributed by atoms with Gasteiger partial charge in [-0.2, -0.15) is 0 Å². The quantitative estimate of drug-likeness (QED) is 0.251. The normalized spacial score (nSPS) is 11.9. The lowest BCUT2D eigenvalue weighted by atomic mass is 10.1. The third-order valence-corrected chi connectivity index (χ3v) is 4.02. The van der Waals surface area contributed by atoms with E-state index in [0.717, 1.165) is 0 Å². The second kappa shape index (κ2) is 11.8. The highest BCUT2D eigenvalue weighted by atomic mass is 35.5. The molecule has 2 rings (SSSR count). The zero-order valence-electron chi connectivity index (χ0n) is 15.9. The Hall–Kier alpha value is -2.97. The Morgan fingerprint density at radius 2 is 2.00 bits per heavy atom. The average Bonchev–Trinajstić information content (AvgIpc) is 2.71. The van der Waals surface area contributed by atoms with E-state index in [1.54, 1.807) is 30.3 Å². The summed E-state index contributed by atoms with van der Waals surface area (Å²) in [6.45, 7) is 2.60. The minimum absolute atomic E-state index is 0.0646. The highest BCUT2D eigenvalue weighted by molar-refractivity contribution is 6.31. The van der Waals surface area contributed by atoms with Gasteiger partial charge >= 0.3 is 0 Å². The molecule has 154 valence electrons. The summed E-state index contributed by atoms with van der Waals surface area (Å²) < 4.78 is 23.8. The summed E-state index contributed by atoms with van der Waals surface area (Å²) in [5.74, 6) is -0.473. The summed E-state index contributed by atoms with van der Waals surface area (Å²) >= 11 is 6.27. The molecular formula is C20H20ClFN2O5. The average molecular weight is 423 g/mol. The van der Waals surface area contributed by atoms with Crippen LogP contribution in [0.3, 0.4) is 0 Å². The molecule has 0 fully saturated rings. The number of carbonyl (C=O) groups excluding carboxylic acids is 1. The Morgan fingerprint density at radius 1 is 1.21 bits per heavy atom. The van der Waals surface area contributed by atoms with E-state index in [1.165, 1.54) is 19.2 Å². The molecular weight excluding hydrogens is 403 g/mol. The first-order valence-corrected chi connectivity index (χ1v) is 9.00. The predicted molar refractivity (Wildman–Crippen MR) is 106 cm³/mol. The number of rotatable bonds is 10. The standard InChI is InChI=1S/C20H20ClFN2O5/c1-3-27-12-19(14-6-4-7-15(22)10-14)23-29-11-17-16(8-5-9-18(17)21)20(24-26-2)28-13-25/h4-10,13H,3,11-12H2,1-2H3/b23-19+,24-20+. The van der Waals surface area contributed by atoms with Gasteiger partial charge in [-0.15, -0.1) is 0 Å². The van der Waals surface area contributed by atoms with Crippen LogP contribution in [0.15, 0.2) is 52.8 Å². The van der Waals surface area contributed by atoms with Gasteiger partial charge in [-0.3, -0.25) is 4.79 Å². The Bertz CT molecular complexity index is 889. The van der Waals surface area contributed by atoms with E-state index in [9.17, 15) is 9.18 Å². The van der Waals surface area contributed by atoms with Gasteiger partial charge in [0.2, 0.25) is 0 Å². The summed E-state index contributed by atoms with van der Waals surface area (Å²) in [5, 5.41) is 8.12. The summed E-state index contributed by atoms with van der Waals surface area (Å²) in [6, 6.07) is 10.9. The fourth-order valence-corrected chi connectivity index (χ4v) is 2.60. The number of ether oxygens (including phenoxy) is 2. The predicted octanol–water partition coefficient (Wildman–Crippen LogP) is 3.92. The van der Waals surface area contributed by atoms with Gasteiger partial charge in [0.15, 0.2) is 0 Å². The maximum absolute atomic E-state index is 13.6. The molecule has 2 aromatic carbocycles. The molecule has 0 amide bonds. The molecule has 2 aromatic rings. The van der Waals surface area contributed by atoms with Gasteiger partial charge < -0.3 is 19.1 Å². The fraction of sp³-hybridized carbons (Fsp3) is 0.250. The van der Waals surface area contributed by atoms with E-state index < -0.39 is 5.82 Å². The van der Waals surface area contributed by atoms with E-state index >= 15 is 0 Å². The van der Waals surface area contributed by atoms with Crippen molar-refractivity contribution in [2.75, 3.05) is 20.3 Å². The van der Waals surface area contributed by atoms with Crippen molar-refractivity contribution in [2.45, 2.75) is 13.5 Å². The van der Waals surface area contributed by atoms with Crippen LogP contribution >= 0.6 is 11.6 Å². The Kier molecular flexibility index (Phi) is 9.07. The first-order valence-electron chi connectivity index (χ1n) is 8.62. The highest BCUT2D eigenvalue weighted by Gasteiger charge is 2.16. The van der Waals surface area contributed by atoms with Crippen LogP contribution in [0.2, 0.25) is 5.02 Å². The zero-order chi connectivity index (χ0) is 21.1. The molecule has 0 N–H and O–H groups in total. The number of nitrogens with zero attached hydrogens (tertiary/aromatic N) is 2. The van der Waals surface area contributed by atoms with Crippen LogP contribution in [-0.4, -0.2) is 38.4 Å². The lowest BCUT2D eigenvalue weighted by molar-refractivity contribution is -0.121. The van der Waals surface area contributed by atoms with Crippen molar-refractivity contribution in [1.82, 2.24) is 0 Å². The molecule has 29 heavy (non-hydrogen) atoms. The summed E-state index contributed by atoms with van der Waals surface area (Å²) in [4.78, 5) is 20.9.